The predicted molar refractivity (Wildman–Crippen MR) is 126 cm³/mol. The standard InChI is InChI=1S/C25H35ClN2O6/c1-14-8-9-18-15(2)21(31-22-25(18)17(14)10-11-24(4,32-22)33-34-25)30-13-12-27-23(29)28-20-7-5-6-19(26)16(20)3/h5-7,14-15,17-18,21-22H,8-13H2,1-4H3,(H2,27,28,29)/t14-,15-,17+,18+,21-,22-,24+,25-/m1/s1. The minimum absolute atomic E-state index is 0.101. The van der Waals surface area contributed by atoms with Gasteiger partial charge in [0.1, 0.15) is 0 Å². The van der Waals surface area contributed by atoms with Gasteiger partial charge in [0.05, 0.1) is 6.61 Å². The van der Waals surface area contributed by atoms with Crippen molar-refractivity contribution in [2.24, 2.45) is 23.7 Å². The van der Waals surface area contributed by atoms with Gasteiger partial charge in [0.15, 0.2) is 18.2 Å². The van der Waals surface area contributed by atoms with Crippen molar-refractivity contribution in [2.75, 3.05) is 18.5 Å². The van der Waals surface area contributed by atoms with E-state index in [1.54, 1.807) is 12.1 Å². The van der Waals surface area contributed by atoms with Crippen molar-refractivity contribution < 1.29 is 28.8 Å². The van der Waals surface area contributed by atoms with Crippen molar-refractivity contribution in [3.63, 3.8) is 0 Å². The Morgan fingerprint density at radius 2 is 2.03 bits per heavy atom. The molecule has 1 spiro atoms. The van der Waals surface area contributed by atoms with Crippen LogP contribution in [0.4, 0.5) is 10.5 Å². The van der Waals surface area contributed by atoms with Gasteiger partial charge in [-0.2, -0.15) is 0 Å². The number of carbonyl (C=O) groups is 1. The van der Waals surface area contributed by atoms with E-state index in [1.807, 2.05) is 19.9 Å². The number of carbonyl (C=O) groups excluding carboxylic acids is 1. The van der Waals surface area contributed by atoms with E-state index in [0.29, 0.717) is 35.7 Å². The van der Waals surface area contributed by atoms with E-state index in [-0.39, 0.29) is 17.9 Å². The Balaban J connectivity index is 1.19. The zero-order valence-corrected chi connectivity index (χ0v) is 21.0. The maximum absolute atomic E-state index is 12.3. The van der Waals surface area contributed by atoms with E-state index in [0.717, 1.165) is 31.2 Å². The molecule has 8 atom stereocenters. The van der Waals surface area contributed by atoms with E-state index in [4.69, 9.17) is 35.6 Å². The summed E-state index contributed by atoms with van der Waals surface area (Å²) < 4.78 is 18.9. The van der Waals surface area contributed by atoms with Crippen LogP contribution in [0.5, 0.6) is 0 Å². The first-order valence-corrected chi connectivity index (χ1v) is 12.7. The molecule has 188 valence electrons. The molecule has 1 aromatic rings. The Morgan fingerprint density at radius 1 is 1.21 bits per heavy atom. The Labute approximate surface area is 205 Å². The van der Waals surface area contributed by atoms with Gasteiger partial charge in [0, 0.05) is 35.5 Å². The zero-order chi connectivity index (χ0) is 24.1. The Bertz CT molecular complexity index is 933. The lowest BCUT2D eigenvalue weighted by Gasteiger charge is -2.60. The molecule has 1 aromatic carbocycles. The van der Waals surface area contributed by atoms with E-state index < -0.39 is 24.0 Å². The second kappa shape index (κ2) is 9.22. The minimum atomic E-state index is -0.805. The highest BCUT2D eigenvalue weighted by Crippen LogP contribution is 2.60. The lowest BCUT2D eigenvalue weighted by atomic mass is 9.58. The number of urea groups is 1. The summed E-state index contributed by atoms with van der Waals surface area (Å²) in [6, 6.07) is 5.10. The number of rotatable bonds is 5. The molecule has 8 nitrogen and oxygen atoms in total. The molecule has 2 bridgehead atoms. The molecule has 0 radical (unpaired) electrons. The average molecular weight is 495 g/mol. The third kappa shape index (κ3) is 4.12. The number of halogens is 1. The third-order valence-electron chi connectivity index (χ3n) is 8.28. The van der Waals surface area contributed by atoms with Crippen molar-refractivity contribution in [1.29, 1.82) is 0 Å². The average Bonchev–Trinajstić information content (AvgIpc) is 3.03. The fourth-order valence-electron chi connectivity index (χ4n) is 6.31. The summed E-state index contributed by atoms with van der Waals surface area (Å²) in [5.41, 5.74) is 0.907. The number of ether oxygens (including phenoxy) is 3. The van der Waals surface area contributed by atoms with Crippen LogP contribution in [0.15, 0.2) is 18.2 Å². The number of nitrogens with one attached hydrogen (secondary N) is 2. The second-order valence-corrected chi connectivity index (χ2v) is 10.8. The number of anilines is 1. The van der Waals surface area contributed by atoms with Crippen molar-refractivity contribution in [2.45, 2.75) is 77.3 Å². The summed E-state index contributed by atoms with van der Waals surface area (Å²) >= 11 is 6.13. The van der Waals surface area contributed by atoms with Crippen molar-refractivity contribution in [3.05, 3.63) is 28.8 Å². The van der Waals surface area contributed by atoms with Gasteiger partial charge in [-0.1, -0.05) is 31.5 Å². The summed E-state index contributed by atoms with van der Waals surface area (Å²) in [5.74, 6) is 0.349. The Morgan fingerprint density at radius 3 is 2.85 bits per heavy atom. The van der Waals surface area contributed by atoms with E-state index in [2.05, 4.69) is 24.5 Å². The molecule has 34 heavy (non-hydrogen) atoms. The summed E-state index contributed by atoms with van der Waals surface area (Å²) in [6.45, 7) is 8.89. The maximum atomic E-state index is 12.3. The predicted octanol–water partition coefficient (Wildman–Crippen LogP) is 4.99. The molecule has 1 saturated carbocycles. The van der Waals surface area contributed by atoms with Gasteiger partial charge in [-0.15, -0.1) is 0 Å². The van der Waals surface area contributed by atoms with Crippen molar-refractivity contribution >= 4 is 23.3 Å². The quantitative estimate of drug-likeness (QED) is 0.442. The fourth-order valence-corrected chi connectivity index (χ4v) is 6.49. The molecule has 0 aromatic heterocycles. The molecule has 2 N–H and O–H groups in total. The van der Waals surface area contributed by atoms with Gasteiger partial charge < -0.3 is 24.8 Å². The number of fused-ring (bicyclic) bond motifs is 2. The number of amides is 2. The number of hydrogen-bond donors (Lipinski definition) is 2. The molecule has 4 saturated heterocycles. The van der Waals surface area contributed by atoms with Crippen molar-refractivity contribution in [1.82, 2.24) is 5.32 Å². The molecule has 2 amide bonds. The summed E-state index contributed by atoms with van der Waals surface area (Å²) in [6.07, 6.45) is 2.96. The van der Waals surface area contributed by atoms with Crippen LogP contribution in [0.2, 0.25) is 5.02 Å². The molecule has 6 rings (SSSR count). The maximum Gasteiger partial charge on any atom is 0.319 e. The van der Waals surface area contributed by atoms with Crippen molar-refractivity contribution in [3.8, 4) is 0 Å². The molecular formula is C25H35ClN2O6. The van der Waals surface area contributed by atoms with Crippen LogP contribution >= 0.6 is 11.6 Å². The number of benzene rings is 1. The highest BCUT2D eigenvalue weighted by molar-refractivity contribution is 6.31. The molecule has 4 heterocycles. The molecule has 1 aliphatic carbocycles. The van der Waals surface area contributed by atoms with E-state index in [9.17, 15) is 4.79 Å². The highest BCUT2D eigenvalue weighted by atomic mass is 35.5. The molecule has 0 unspecified atom stereocenters. The van der Waals surface area contributed by atoms with Gasteiger partial charge in [-0.05, 0) is 62.6 Å². The normalized spacial score (nSPS) is 40.9. The van der Waals surface area contributed by atoms with Crippen LogP contribution in [0.1, 0.15) is 52.0 Å². The largest absolute Gasteiger partial charge is 0.350 e. The first-order valence-electron chi connectivity index (χ1n) is 12.4. The lowest BCUT2D eigenvalue weighted by Crippen LogP contribution is -2.70. The fraction of sp³-hybridized carbons (Fsp3) is 0.720. The molecule has 5 aliphatic rings. The zero-order valence-electron chi connectivity index (χ0n) is 20.3. The first-order chi connectivity index (χ1) is 16.2. The minimum Gasteiger partial charge on any atom is -0.350 e. The number of hydrogen-bond acceptors (Lipinski definition) is 6. The van der Waals surface area contributed by atoms with Crippen LogP contribution in [0, 0.1) is 30.6 Å². The molecule has 4 aliphatic heterocycles. The van der Waals surface area contributed by atoms with E-state index >= 15 is 0 Å². The second-order valence-electron chi connectivity index (χ2n) is 10.4. The van der Waals surface area contributed by atoms with Crippen LogP contribution in [-0.2, 0) is 24.0 Å². The van der Waals surface area contributed by atoms with Gasteiger partial charge in [0.2, 0.25) is 5.79 Å². The van der Waals surface area contributed by atoms with Crippen LogP contribution in [0.3, 0.4) is 0 Å². The summed E-state index contributed by atoms with van der Waals surface area (Å²) in [4.78, 5) is 24.3. The topological polar surface area (TPSA) is 87.3 Å². The van der Waals surface area contributed by atoms with Gasteiger partial charge in [-0.3, -0.25) is 0 Å². The van der Waals surface area contributed by atoms with Crippen LogP contribution in [0.25, 0.3) is 0 Å². The van der Waals surface area contributed by atoms with E-state index in [1.165, 1.54) is 0 Å². The summed E-state index contributed by atoms with van der Waals surface area (Å²) in [7, 11) is 0. The molecular weight excluding hydrogens is 460 g/mol. The molecule has 5 fully saturated rings. The smallest absolute Gasteiger partial charge is 0.319 e. The van der Waals surface area contributed by atoms with Gasteiger partial charge in [-0.25, -0.2) is 14.6 Å². The van der Waals surface area contributed by atoms with Gasteiger partial charge in [0.25, 0.3) is 0 Å². The third-order valence-corrected chi connectivity index (χ3v) is 8.69. The Kier molecular flexibility index (Phi) is 6.59. The lowest BCUT2D eigenvalue weighted by molar-refractivity contribution is -0.577. The van der Waals surface area contributed by atoms with Crippen LogP contribution in [-0.4, -0.2) is 43.2 Å². The van der Waals surface area contributed by atoms with Crippen LogP contribution < -0.4 is 10.6 Å². The van der Waals surface area contributed by atoms with Gasteiger partial charge >= 0.3 is 6.03 Å². The summed E-state index contributed by atoms with van der Waals surface area (Å²) in [5, 5.41) is 6.27. The SMILES string of the molecule is Cc1c(Cl)cccc1NC(=O)NCCO[C@@H]1O[C@@H]2O[C@]3(C)CC[C@H]4[C@H](C)CC[C@@H]([C@H]1C)[C@@]24OO3. The monoisotopic (exact) mass is 494 g/mol. The first kappa shape index (κ1) is 24.3. The highest BCUT2D eigenvalue weighted by Gasteiger charge is 2.69. The molecule has 9 heteroatoms. The Hall–Kier alpha value is -1.42.